The summed E-state index contributed by atoms with van der Waals surface area (Å²) in [6, 6.07) is 5.15. The Morgan fingerprint density at radius 3 is 2.70 bits per heavy atom. The summed E-state index contributed by atoms with van der Waals surface area (Å²) in [4.78, 5) is 25.0. The number of halogens is 2. The number of nitrogens with zero attached hydrogens (tertiary/aromatic N) is 1. The van der Waals surface area contributed by atoms with Gasteiger partial charge in [-0.2, -0.15) is 0 Å². The van der Waals surface area contributed by atoms with Gasteiger partial charge < -0.3 is 10.2 Å². The van der Waals surface area contributed by atoms with Crippen LogP contribution in [0.25, 0.3) is 6.08 Å². The third kappa shape index (κ3) is 3.74. The van der Waals surface area contributed by atoms with E-state index in [1.807, 2.05) is 0 Å². The molecule has 2 amide bonds. The number of hydrogen-bond donors (Lipinski definition) is 1. The van der Waals surface area contributed by atoms with E-state index in [-0.39, 0.29) is 18.4 Å². The van der Waals surface area contributed by atoms with Gasteiger partial charge >= 0.3 is 0 Å². The molecule has 0 spiro atoms. The van der Waals surface area contributed by atoms with Crippen LogP contribution in [0.3, 0.4) is 0 Å². The van der Waals surface area contributed by atoms with Crippen LogP contribution in [0.15, 0.2) is 24.3 Å². The molecule has 1 N–H and O–H groups in total. The second-order valence-electron chi connectivity index (χ2n) is 4.43. The molecule has 0 unspecified atom stereocenters. The number of carbonyl (C=O) groups excluding carboxylic acids is 2. The molecule has 1 aromatic carbocycles. The standard InChI is InChI=1S/C14H14Cl2N2O2/c15-11-3-1-4-12(16)10(11)5-6-14(20)18-8-2-7-17-13(19)9-18/h1,3-6H,2,7-9H2,(H,17,19). The quantitative estimate of drug-likeness (QED) is 0.852. The van der Waals surface area contributed by atoms with Crippen molar-refractivity contribution in [3.63, 3.8) is 0 Å². The summed E-state index contributed by atoms with van der Waals surface area (Å²) < 4.78 is 0. The highest BCUT2D eigenvalue weighted by Gasteiger charge is 2.17. The Morgan fingerprint density at radius 2 is 2.00 bits per heavy atom. The highest BCUT2D eigenvalue weighted by molar-refractivity contribution is 6.37. The molecule has 106 valence electrons. The van der Waals surface area contributed by atoms with Crippen LogP contribution < -0.4 is 5.32 Å². The summed E-state index contributed by atoms with van der Waals surface area (Å²) in [6.07, 6.45) is 3.72. The van der Waals surface area contributed by atoms with Crippen molar-refractivity contribution in [3.8, 4) is 0 Å². The zero-order valence-electron chi connectivity index (χ0n) is 10.7. The molecule has 20 heavy (non-hydrogen) atoms. The average molecular weight is 313 g/mol. The van der Waals surface area contributed by atoms with Crippen molar-refractivity contribution in [1.82, 2.24) is 10.2 Å². The maximum absolute atomic E-state index is 12.1. The lowest BCUT2D eigenvalue weighted by molar-refractivity contribution is -0.131. The number of nitrogens with one attached hydrogen (secondary N) is 1. The summed E-state index contributed by atoms with van der Waals surface area (Å²) in [5.74, 6) is -0.363. The topological polar surface area (TPSA) is 49.4 Å². The summed E-state index contributed by atoms with van der Waals surface area (Å²) >= 11 is 12.0. The zero-order valence-corrected chi connectivity index (χ0v) is 12.2. The second-order valence-corrected chi connectivity index (χ2v) is 5.25. The molecule has 0 bridgehead atoms. The SMILES string of the molecule is O=C1CN(C(=O)C=Cc2c(Cl)cccc2Cl)CCCN1. The molecule has 4 nitrogen and oxygen atoms in total. The third-order valence-corrected chi connectivity index (χ3v) is 3.62. The highest BCUT2D eigenvalue weighted by atomic mass is 35.5. The summed E-state index contributed by atoms with van der Waals surface area (Å²) in [6.45, 7) is 1.24. The summed E-state index contributed by atoms with van der Waals surface area (Å²) in [5.41, 5.74) is 0.600. The van der Waals surface area contributed by atoms with Crippen LogP contribution in [-0.2, 0) is 9.59 Å². The molecule has 6 heteroatoms. The molecule has 1 aliphatic rings. The van der Waals surface area contributed by atoms with Gasteiger partial charge in [-0.15, -0.1) is 0 Å². The van der Waals surface area contributed by atoms with Gasteiger partial charge in [-0.25, -0.2) is 0 Å². The fourth-order valence-corrected chi connectivity index (χ4v) is 2.45. The van der Waals surface area contributed by atoms with Gasteiger partial charge in [0.15, 0.2) is 0 Å². The predicted molar refractivity (Wildman–Crippen MR) is 79.7 cm³/mol. The van der Waals surface area contributed by atoms with Crippen molar-refractivity contribution in [2.75, 3.05) is 19.6 Å². The molecule has 1 fully saturated rings. The molecular weight excluding hydrogens is 299 g/mol. The van der Waals surface area contributed by atoms with E-state index < -0.39 is 0 Å². The van der Waals surface area contributed by atoms with Crippen molar-refractivity contribution in [2.45, 2.75) is 6.42 Å². The van der Waals surface area contributed by atoms with Crippen molar-refractivity contribution < 1.29 is 9.59 Å². The Balaban J connectivity index is 2.10. The third-order valence-electron chi connectivity index (χ3n) is 2.97. The van der Waals surface area contributed by atoms with Gasteiger partial charge in [-0.05, 0) is 24.6 Å². The van der Waals surface area contributed by atoms with E-state index >= 15 is 0 Å². The Bertz CT molecular complexity index is 538. The summed E-state index contributed by atoms with van der Waals surface area (Å²) in [5, 5.41) is 3.69. The van der Waals surface area contributed by atoms with E-state index in [1.54, 1.807) is 24.3 Å². The van der Waals surface area contributed by atoms with Crippen molar-refractivity contribution in [3.05, 3.63) is 39.9 Å². The van der Waals surface area contributed by atoms with Crippen LogP contribution in [0.4, 0.5) is 0 Å². The van der Waals surface area contributed by atoms with Crippen LogP contribution in [0.2, 0.25) is 10.0 Å². The molecule has 1 aromatic rings. The largest absolute Gasteiger partial charge is 0.354 e. The maximum Gasteiger partial charge on any atom is 0.247 e. The van der Waals surface area contributed by atoms with E-state index in [2.05, 4.69) is 5.32 Å². The van der Waals surface area contributed by atoms with E-state index in [4.69, 9.17) is 23.2 Å². The van der Waals surface area contributed by atoms with Crippen LogP contribution in [-0.4, -0.2) is 36.3 Å². The first kappa shape index (κ1) is 14.9. The minimum absolute atomic E-state index is 0.0828. The zero-order chi connectivity index (χ0) is 14.5. The number of rotatable bonds is 2. The first-order valence-corrected chi connectivity index (χ1v) is 7.01. The van der Waals surface area contributed by atoms with Crippen molar-refractivity contribution in [1.29, 1.82) is 0 Å². The molecule has 0 radical (unpaired) electrons. The molecule has 2 rings (SSSR count). The Labute approximate surface area is 127 Å². The highest BCUT2D eigenvalue weighted by Crippen LogP contribution is 2.25. The summed E-state index contributed by atoms with van der Waals surface area (Å²) in [7, 11) is 0. The predicted octanol–water partition coefficient (Wildman–Crippen LogP) is 2.36. The molecule has 1 heterocycles. The van der Waals surface area contributed by atoms with E-state index in [0.29, 0.717) is 28.7 Å². The number of hydrogen-bond acceptors (Lipinski definition) is 2. The minimum atomic E-state index is -0.224. The number of benzene rings is 1. The fraction of sp³-hybridized carbons (Fsp3) is 0.286. The minimum Gasteiger partial charge on any atom is -0.354 e. The van der Waals surface area contributed by atoms with Crippen LogP contribution >= 0.6 is 23.2 Å². The monoisotopic (exact) mass is 312 g/mol. The molecule has 0 aliphatic carbocycles. The fourth-order valence-electron chi connectivity index (χ4n) is 1.92. The molecule has 0 atom stereocenters. The van der Waals surface area contributed by atoms with Gasteiger partial charge in [-0.1, -0.05) is 29.3 Å². The normalized spacial score (nSPS) is 16.1. The first-order chi connectivity index (χ1) is 9.58. The van der Waals surface area contributed by atoms with Gasteiger partial charge in [0.1, 0.15) is 0 Å². The van der Waals surface area contributed by atoms with Gasteiger partial charge in [0, 0.05) is 34.8 Å². The van der Waals surface area contributed by atoms with E-state index in [1.165, 1.54) is 11.0 Å². The van der Waals surface area contributed by atoms with Crippen LogP contribution in [0.5, 0.6) is 0 Å². The lowest BCUT2D eigenvalue weighted by atomic mass is 10.2. The van der Waals surface area contributed by atoms with Gasteiger partial charge in [-0.3, -0.25) is 9.59 Å². The lowest BCUT2D eigenvalue weighted by Crippen LogP contribution is -2.36. The Kier molecular flexibility index (Phi) is 5.04. The number of carbonyl (C=O) groups is 2. The smallest absolute Gasteiger partial charge is 0.247 e. The molecule has 1 aliphatic heterocycles. The Morgan fingerprint density at radius 1 is 1.30 bits per heavy atom. The lowest BCUT2D eigenvalue weighted by Gasteiger charge is -2.16. The second kappa shape index (κ2) is 6.77. The van der Waals surface area contributed by atoms with E-state index in [0.717, 1.165) is 6.42 Å². The van der Waals surface area contributed by atoms with Gasteiger partial charge in [0.25, 0.3) is 0 Å². The van der Waals surface area contributed by atoms with Gasteiger partial charge in [0.05, 0.1) is 6.54 Å². The molecule has 0 aromatic heterocycles. The molecule has 0 saturated carbocycles. The Hall–Kier alpha value is -1.52. The average Bonchev–Trinajstić information content (AvgIpc) is 2.62. The molecule has 1 saturated heterocycles. The van der Waals surface area contributed by atoms with Crippen molar-refractivity contribution in [2.24, 2.45) is 0 Å². The molecular formula is C14H14Cl2N2O2. The first-order valence-electron chi connectivity index (χ1n) is 6.25. The number of amides is 2. The van der Waals surface area contributed by atoms with Crippen LogP contribution in [0, 0.1) is 0 Å². The maximum atomic E-state index is 12.1. The van der Waals surface area contributed by atoms with Gasteiger partial charge in [0.2, 0.25) is 11.8 Å². The van der Waals surface area contributed by atoms with Crippen molar-refractivity contribution >= 4 is 41.1 Å². The van der Waals surface area contributed by atoms with E-state index in [9.17, 15) is 9.59 Å². The van der Waals surface area contributed by atoms with Crippen LogP contribution in [0.1, 0.15) is 12.0 Å².